The molecule has 0 spiro atoms. The number of fused-ring (bicyclic) bond motifs is 1. The van der Waals surface area contributed by atoms with Gasteiger partial charge in [-0.1, -0.05) is 24.3 Å². The lowest BCUT2D eigenvalue weighted by molar-refractivity contribution is -0.142. The summed E-state index contributed by atoms with van der Waals surface area (Å²) in [5, 5.41) is 8.92. The zero-order valence-corrected chi connectivity index (χ0v) is 20.8. The molecule has 0 bridgehead atoms. The van der Waals surface area contributed by atoms with E-state index in [0.717, 1.165) is 23.8 Å². The minimum absolute atomic E-state index is 0.0228. The van der Waals surface area contributed by atoms with Crippen LogP contribution in [0.4, 0.5) is 4.39 Å². The highest BCUT2D eigenvalue weighted by atomic mass is 32.2. The zero-order chi connectivity index (χ0) is 26.7. The number of esters is 1. The van der Waals surface area contributed by atoms with Crippen LogP contribution in [0, 0.1) is 5.82 Å². The van der Waals surface area contributed by atoms with Crippen molar-refractivity contribution in [3.8, 4) is 11.1 Å². The quantitative estimate of drug-likeness (QED) is 0.248. The molecule has 192 valence electrons. The molecule has 1 aromatic heterocycles. The van der Waals surface area contributed by atoms with Gasteiger partial charge in [0.2, 0.25) is 0 Å². The van der Waals surface area contributed by atoms with E-state index in [9.17, 15) is 22.8 Å². The van der Waals surface area contributed by atoms with Crippen LogP contribution in [-0.2, 0) is 37.1 Å². The van der Waals surface area contributed by atoms with Gasteiger partial charge in [-0.3, -0.25) is 24.2 Å². The maximum atomic E-state index is 15.0. The van der Waals surface area contributed by atoms with Crippen LogP contribution in [0.25, 0.3) is 22.0 Å². The van der Waals surface area contributed by atoms with Gasteiger partial charge < -0.3 is 4.74 Å². The standard InChI is InChI=1S/C24H26FN3O7S/c1-4-35-21(29)11-15-5-7-16(8-6-15)17-13-20-18(12-19(17)25)22(30)28(14-26-20)10-9-24(2,23(31)27-32)36(3,33)34/h5-8,12-14,32H,4,9-11H2,1-3H3,(H,27,31)/t24-/m1/s1. The van der Waals surface area contributed by atoms with Crippen LogP contribution >= 0.6 is 0 Å². The van der Waals surface area contributed by atoms with Gasteiger partial charge in [0.25, 0.3) is 11.5 Å². The van der Waals surface area contributed by atoms with E-state index in [1.54, 1.807) is 31.2 Å². The van der Waals surface area contributed by atoms with Gasteiger partial charge in [0.1, 0.15) is 5.82 Å². The Morgan fingerprint density at radius 1 is 1.22 bits per heavy atom. The summed E-state index contributed by atoms with van der Waals surface area (Å²) in [6.45, 7) is 2.92. The second-order valence-corrected chi connectivity index (χ2v) is 10.9. The van der Waals surface area contributed by atoms with Crippen LogP contribution in [0.5, 0.6) is 0 Å². The first-order valence-corrected chi connectivity index (χ1v) is 12.9. The summed E-state index contributed by atoms with van der Waals surface area (Å²) in [5.74, 6) is -2.16. The SMILES string of the molecule is CCOC(=O)Cc1ccc(-c2cc3ncn(CC[C@](C)(C(=O)NO)S(C)(=O)=O)c(=O)c3cc2F)cc1. The largest absolute Gasteiger partial charge is 0.466 e. The summed E-state index contributed by atoms with van der Waals surface area (Å²) in [4.78, 5) is 40.8. The van der Waals surface area contributed by atoms with Gasteiger partial charge in [0, 0.05) is 18.4 Å². The summed E-state index contributed by atoms with van der Waals surface area (Å²) in [6.07, 6.45) is 1.80. The summed E-state index contributed by atoms with van der Waals surface area (Å²) < 4.78 is 43.3. The first kappa shape index (κ1) is 27.0. The average molecular weight is 520 g/mol. The molecule has 3 aromatic rings. The number of rotatable bonds is 9. The van der Waals surface area contributed by atoms with Crippen molar-refractivity contribution >= 4 is 32.6 Å². The number of halogens is 1. The van der Waals surface area contributed by atoms with E-state index in [-0.39, 0.29) is 48.4 Å². The Balaban J connectivity index is 1.91. The number of amides is 1. The minimum Gasteiger partial charge on any atom is -0.466 e. The number of nitrogens with zero attached hydrogens (tertiary/aromatic N) is 2. The highest BCUT2D eigenvalue weighted by Crippen LogP contribution is 2.27. The van der Waals surface area contributed by atoms with Crippen molar-refractivity contribution in [2.75, 3.05) is 12.9 Å². The highest BCUT2D eigenvalue weighted by molar-refractivity contribution is 7.92. The number of ether oxygens (including phenoxy) is 1. The number of carbonyl (C=O) groups excluding carboxylic acids is 2. The van der Waals surface area contributed by atoms with Crippen LogP contribution in [0.15, 0.2) is 47.5 Å². The van der Waals surface area contributed by atoms with Crippen LogP contribution in [0.3, 0.4) is 0 Å². The molecular weight excluding hydrogens is 493 g/mol. The van der Waals surface area contributed by atoms with Gasteiger partial charge in [-0.15, -0.1) is 0 Å². The maximum Gasteiger partial charge on any atom is 0.310 e. The molecule has 36 heavy (non-hydrogen) atoms. The number of sulfone groups is 1. The smallest absolute Gasteiger partial charge is 0.310 e. The molecule has 2 aromatic carbocycles. The van der Waals surface area contributed by atoms with E-state index in [1.807, 2.05) is 0 Å². The van der Waals surface area contributed by atoms with Crippen LogP contribution in [0.1, 0.15) is 25.8 Å². The van der Waals surface area contributed by atoms with E-state index in [1.165, 1.54) is 17.9 Å². The number of nitrogens with one attached hydrogen (secondary N) is 1. The fourth-order valence-corrected chi connectivity index (χ4v) is 4.50. The number of hydrogen-bond donors (Lipinski definition) is 2. The Morgan fingerprint density at radius 3 is 2.47 bits per heavy atom. The molecule has 0 saturated carbocycles. The Kier molecular flexibility index (Phi) is 7.89. The zero-order valence-electron chi connectivity index (χ0n) is 19.9. The van der Waals surface area contributed by atoms with E-state index in [4.69, 9.17) is 9.94 Å². The number of hydrogen-bond acceptors (Lipinski definition) is 8. The third kappa shape index (κ3) is 5.44. The van der Waals surface area contributed by atoms with Crippen molar-refractivity contribution in [2.45, 2.75) is 38.0 Å². The third-order valence-electron chi connectivity index (χ3n) is 6.06. The van der Waals surface area contributed by atoms with Gasteiger partial charge in [-0.25, -0.2) is 23.3 Å². The van der Waals surface area contributed by atoms with Crippen molar-refractivity contribution in [1.29, 1.82) is 0 Å². The molecule has 0 saturated heterocycles. The lowest BCUT2D eigenvalue weighted by atomic mass is 10.0. The predicted molar refractivity (Wildman–Crippen MR) is 130 cm³/mol. The Labute approximate surface area is 206 Å². The lowest BCUT2D eigenvalue weighted by Gasteiger charge is -2.25. The van der Waals surface area contributed by atoms with E-state index < -0.39 is 31.9 Å². The second-order valence-electron chi connectivity index (χ2n) is 8.46. The van der Waals surface area contributed by atoms with Crippen LogP contribution < -0.4 is 11.0 Å². The molecule has 10 nitrogen and oxygen atoms in total. The number of hydroxylamine groups is 1. The molecule has 0 aliphatic carbocycles. The first-order chi connectivity index (χ1) is 16.9. The molecule has 3 rings (SSSR count). The molecule has 12 heteroatoms. The molecule has 1 amide bonds. The van der Waals surface area contributed by atoms with Gasteiger partial charge in [0.15, 0.2) is 14.6 Å². The molecule has 0 aliphatic heterocycles. The summed E-state index contributed by atoms with van der Waals surface area (Å²) in [7, 11) is -3.95. The van der Waals surface area contributed by atoms with Crippen molar-refractivity contribution in [2.24, 2.45) is 0 Å². The van der Waals surface area contributed by atoms with Gasteiger partial charge in [0.05, 0.1) is 30.3 Å². The van der Waals surface area contributed by atoms with Crippen molar-refractivity contribution in [3.05, 3.63) is 64.5 Å². The lowest BCUT2D eigenvalue weighted by Crippen LogP contribution is -2.50. The monoisotopic (exact) mass is 519 g/mol. The molecular formula is C24H26FN3O7S. The van der Waals surface area contributed by atoms with Crippen molar-refractivity contribution in [1.82, 2.24) is 15.0 Å². The average Bonchev–Trinajstić information content (AvgIpc) is 2.83. The van der Waals surface area contributed by atoms with E-state index >= 15 is 4.39 Å². The topological polar surface area (TPSA) is 145 Å². The molecule has 0 radical (unpaired) electrons. The molecule has 0 unspecified atom stereocenters. The fourth-order valence-electron chi connectivity index (χ4n) is 3.66. The van der Waals surface area contributed by atoms with Crippen LogP contribution in [-0.4, -0.2) is 52.7 Å². The normalized spacial score (nSPS) is 13.2. The molecule has 2 N–H and O–H groups in total. The Hall–Kier alpha value is -3.64. The number of carbonyl (C=O) groups is 2. The van der Waals surface area contributed by atoms with Gasteiger partial charge >= 0.3 is 5.97 Å². The molecule has 0 aliphatic rings. The summed E-state index contributed by atoms with van der Waals surface area (Å²) in [6, 6.07) is 9.15. The maximum absolute atomic E-state index is 15.0. The highest BCUT2D eigenvalue weighted by Gasteiger charge is 2.43. The minimum atomic E-state index is -3.95. The predicted octanol–water partition coefficient (Wildman–Crippen LogP) is 2.01. The number of benzene rings is 2. The molecule has 1 heterocycles. The molecule has 1 atom stereocenters. The van der Waals surface area contributed by atoms with Gasteiger partial charge in [-0.05, 0) is 43.5 Å². The van der Waals surface area contributed by atoms with Crippen molar-refractivity contribution < 1.29 is 32.3 Å². The first-order valence-electron chi connectivity index (χ1n) is 11.0. The van der Waals surface area contributed by atoms with Crippen LogP contribution in [0.2, 0.25) is 0 Å². The summed E-state index contributed by atoms with van der Waals surface area (Å²) >= 11 is 0. The number of aromatic nitrogens is 2. The Bertz CT molecular complexity index is 1470. The summed E-state index contributed by atoms with van der Waals surface area (Å²) in [5.41, 5.74) is 2.39. The molecule has 0 fully saturated rings. The fraction of sp³-hybridized carbons (Fsp3) is 0.333. The van der Waals surface area contributed by atoms with Crippen molar-refractivity contribution in [3.63, 3.8) is 0 Å². The van der Waals surface area contributed by atoms with Gasteiger partial charge in [-0.2, -0.15) is 0 Å². The Morgan fingerprint density at radius 2 is 1.89 bits per heavy atom. The second kappa shape index (κ2) is 10.5. The number of aryl methyl sites for hydroxylation is 1. The van der Waals surface area contributed by atoms with E-state index in [0.29, 0.717) is 11.1 Å². The third-order valence-corrected chi connectivity index (χ3v) is 8.09. The van der Waals surface area contributed by atoms with E-state index in [2.05, 4.69) is 4.98 Å².